The van der Waals surface area contributed by atoms with Crippen molar-refractivity contribution in [3.63, 3.8) is 0 Å². The van der Waals surface area contributed by atoms with E-state index in [0.29, 0.717) is 11.0 Å². The molecule has 0 aromatic heterocycles. The molecule has 0 saturated carbocycles. The molecule has 2 N–H and O–H groups in total. The lowest BCUT2D eigenvalue weighted by molar-refractivity contribution is 0.0774. The van der Waals surface area contributed by atoms with Gasteiger partial charge in [-0.1, -0.05) is 18.6 Å². The molecule has 2 saturated heterocycles. The lowest BCUT2D eigenvalue weighted by atomic mass is 9.98. The van der Waals surface area contributed by atoms with E-state index in [-0.39, 0.29) is 0 Å². The number of nitrogens with zero attached hydrogens (tertiary/aromatic N) is 2. The highest BCUT2D eigenvalue weighted by Gasteiger charge is 2.27. The Morgan fingerprint density at radius 2 is 1.78 bits per heavy atom. The van der Waals surface area contributed by atoms with E-state index in [9.17, 15) is 0 Å². The van der Waals surface area contributed by atoms with Gasteiger partial charge in [-0.15, -0.1) is 0 Å². The zero-order chi connectivity index (χ0) is 13.0. The van der Waals surface area contributed by atoms with Crippen molar-refractivity contribution in [3.8, 4) is 0 Å². The smallest absolute Gasteiger partial charge is 0.0742 e. The molecule has 2 heterocycles. The molecule has 2 rings (SSSR count). The lowest BCUT2D eigenvalue weighted by Crippen LogP contribution is -2.49. The van der Waals surface area contributed by atoms with Crippen molar-refractivity contribution >= 4 is 17.2 Å². The maximum absolute atomic E-state index is 5.64. The Hall–Kier alpha value is -0.190. The van der Waals surface area contributed by atoms with Crippen LogP contribution in [0.1, 0.15) is 45.4 Å². The Labute approximate surface area is 117 Å². The Balaban J connectivity index is 1.75. The van der Waals surface area contributed by atoms with E-state index in [0.717, 1.165) is 12.5 Å². The van der Waals surface area contributed by atoms with Gasteiger partial charge in [0.2, 0.25) is 0 Å². The molecule has 1 atom stereocenters. The average Bonchev–Trinajstić information content (AvgIpc) is 2.39. The summed E-state index contributed by atoms with van der Waals surface area (Å²) in [6.07, 6.45) is 7.74. The highest BCUT2D eigenvalue weighted by atomic mass is 32.1. The summed E-state index contributed by atoms with van der Waals surface area (Å²) in [6.45, 7) is 7.33. The van der Waals surface area contributed by atoms with Gasteiger partial charge < -0.3 is 15.5 Å². The lowest BCUT2D eigenvalue weighted by Gasteiger charge is -2.42. The standard InChI is InChI=1S/C14H27N3S/c1-12(11-14(15)18)16-9-5-13(6-10-16)17-7-3-2-4-8-17/h12-13H,2-11H2,1H3,(H2,15,18). The van der Waals surface area contributed by atoms with E-state index in [1.54, 1.807) is 0 Å². The fourth-order valence-corrected chi connectivity index (χ4v) is 3.64. The van der Waals surface area contributed by atoms with Gasteiger partial charge in [0.05, 0.1) is 4.99 Å². The van der Waals surface area contributed by atoms with Crippen molar-refractivity contribution < 1.29 is 0 Å². The Kier molecular flexibility index (Phi) is 5.39. The van der Waals surface area contributed by atoms with E-state index in [1.807, 2.05) is 0 Å². The normalized spacial score (nSPS) is 26.1. The summed E-state index contributed by atoms with van der Waals surface area (Å²) in [7, 11) is 0. The van der Waals surface area contributed by atoms with Crippen molar-refractivity contribution in [1.29, 1.82) is 0 Å². The minimum absolute atomic E-state index is 0.518. The van der Waals surface area contributed by atoms with Crippen molar-refractivity contribution in [2.45, 2.75) is 57.5 Å². The first-order valence-electron chi connectivity index (χ1n) is 7.43. The number of hydrogen-bond donors (Lipinski definition) is 1. The summed E-state index contributed by atoms with van der Waals surface area (Å²) >= 11 is 5.01. The molecule has 4 heteroatoms. The Morgan fingerprint density at radius 3 is 2.33 bits per heavy atom. The molecule has 3 nitrogen and oxygen atoms in total. The van der Waals surface area contributed by atoms with Gasteiger partial charge in [0.1, 0.15) is 0 Å². The summed E-state index contributed by atoms with van der Waals surface area (Å²) in [5.41, 5.74) is 5.64. The van der Waals surface area contributed by atoms with Gasteiger partial charge in [-0.25, -0.2) is 0 Å². The minimum atomic E-state index is 0.518. The van der Waals surface area contributed by atoms with E-state index >= 15 is 0 Å². The third-order valence-electron chi connectivity index (χ3n) is 4.53. The third kappa shape index (κ3) is 3.90. The molecular formula is C14H27N3S. The predicted molar refractivity (Wildman–Crippen MR) is 80.9 cm³/mol. The molecule has 0 amide bonds. The molecule has 0 spiro atoms. The van der Waals surface area contributed by atoms with Crippen LogP contribution in [-0.4, -0.2) is 53.1 Å². The zero-order valence-electron chi connectivity index (χ0n) is 11.6. The Morgan fingerprint density at radius 1 is 1.17 bits per heavy atom. The summed E-state index contributed by atoms with van der Waals surface area (Å²) in [6, 6.07) is 1.35. The van der Waals surface area contributed by atoms with E-state index < -0.39 is 0 Å². The second-order valence-corrected chi connectivity index (χ2v) is 6.41. The third-order valence-corrected chi connectivity index (χ3v) is 4.69. The van der Waals surface area contributed by atoms with Crippen LogP contribution in [0, 0.1) is 0 Å². The number of thiocarbonyl (C=S) groups is 1. The van der Waals surface area contributed by atoms with Crippen LogP contribution in [0.5, 0.6) is 0 Å². The molecule has 2 aliphatic heterocycles. The van der Waals surface area contributed by atoms with Gasteiger partial charge >= 0.3 is 0 Å². The minimum Gasteiger partial charge on any atom is -0.393 e. The van der Waals surface area contributed by atoms with Gasteiger partial charge in [-0.05, 0) is 58.8 Å². The molecule has 104 valence electrons. The molecule has 18 heavy (non-hydrogen) atoms. The maximum Gasteiger partial charge on any atom is 0.0742 e. The van der Waals surface area contributed by atoms with Gasteiger partial charge in [0.25, 0.3) is 0 Å². The SMILES string of the molecule is CC(CC(N)=S)N1CCC(N2CCCCC2)CC1. The van der Waals surface area contributed by atoms with Crippen LogP contribution in [0.4, 0.5) is 0 Å². The molecule has 2 fully saturated rings. The summed E-state index contributed by atoms with van der Waals surface area (Å²) < 4.78 is 0. The molecular weight excluding hydrogens is 242 g/mol. The van der Waals surface area contributed by atoms with Crippen molar-refractivity contribution in [1.82, 2.24) is 9.80 Å². The molecule has 2 aliphatic rings. The van der Waals surface area contributed by atoms with Gasteiger partial charge in [0.15, 0.2) is 0 Å². The number of hydrogen-bond acceptors (Lipinski definition) is 3. The monoisotopic (exact) mass is 269 g/mol. The van der Waals surface area contributed by atoms with Crippen LogP contribution < -0.4 is 5.73 Å². The molecule has 0 aliphatic carbocycles. The van der Waals surface area contributed by atoms with E-state index in [1.165, 1.54) is 58.3 Å². The van der Waals surface area contributed by atoms with Crippen LogP contribution in [0.15, 0.2) is 0 Å². The van der Waals surface area contributed by atoms with Crippen molar-refractivity contribution in [2.24, 2.45) is 5.73 Å². The first-order chi connectivity index (χ1) is 8.66. The highest BCUT2D eigenvalue weighted by molar-refractivity contribution is 7.80. The quantitative estimate of drug-likeness (QED) is 0.791. The molecule has 0 radical (unpaired) electrons. The largest absolute Gasteiger partial charge is 0.393 e. The van der Waals surface area contributed by atoms with Crippen LogP contribution in [0.25, 0.3) is 0 Å². The first-order valence-corrected chi connectivity index (χ1v) is 7.84. The average molecular weight is 269 g/mol. The fourth-order valence-electron chi connectivity index (χ4n) is 3.40. The highest BCUT2D eigenvalue weighted by Crippen LogP contribution is 2.22. The van der Waals surface area contributed by atoms with Crippen LogP contribution in [0.3, 0.4) is 0 Å². The van der Waals surface area contributed by atoms with Gasteiger partial charge in [-0.2, -0.15) is 0 Å². The van der Waals surface area contributed by atoms with Crippen molar-refractivity contribution in [3.05, 3.63) is 0 Å². The zero-order valence-corrected chi connectivity index (χ0v) is 12.4. The number of nitrogens with two attached hydrogens (primary N) is 1. The second-order valence-electron chi connectivity index (χ2n) is 5.88. The van der Waals surface area contributed by atoms with Gasteiger partial charge in [-0.3, -0.25) is 0 Å². The topological polar surface area (TPSA) is 32.5 Å². The molecule has 1 unspecified atom stereocenters. The summed E-state index contributed by atoms with van der Waals surface area (Å²) in [5, 5.41) is 0. The van der Waals surface area contributed by atoms with Crippen LogP contribution in [-0.2, 0) is 0 Å². The van der Waals surface area contributed by atoms with Crippen LogP contribution >= 0.6 is 12.2 Å². The summed E-state index contributed by atoms with van der Waals surface area (Å²) in [4.78, 5) is 5.93. The second kappa shape index (κ2) is 6.83. The molecule has 0 aromatic rings. The predicted octanol–water partition coefficient (Wildman–Crippen LogP) is 2.00. The summed E-state index contributed by atoms with van der Waals surface area (Å²) in [5.74, 6) is 0. The van der Waals surface area contributed by atoms with Crippen molar-refractivity contribution in [2.75, 3.05) is 26.2 Å². The molecule has 0 aromatic carbocycles. The maximum atomic E-state index is 5.64. The Bertz CT molecular complexity index is 268. The van der Waals surface area contributed by atoms with Gasteiger partial charge in [0, 0.05) is 18.5 Å². The van der Waals surface area contributed by atoms with E-state index in [4.69, 9.17) is 18.0 Å². The number of likely N-dealkylation sites (tertiary alicyclic amines) is 2. The number of rotatable bonds is 4. The fraction of sp³-hybridized carbons (Fsp3) is 0.929. The number of piperidine rings is 2. The van der Waals surface area contributed by atoms with Crippen LogP contribution in [0.2, 0.25) is 0 Å². The first kappa shape index (κ1) is 14.2. The molecule has 0 bridgehead atoms. The van der Waals surface area contributed by atoms with E-state index in [2.05, 4.69) is 16.7 Å².